The Morgan fingerprint density at radius 3 is 2.25 bits per heavy atom. The number of hydrogen-bond acceptors (Lipinski definition) is 3. The Kier molecular flexibility index (Phi) is 3.77. The molecule has 0 aromatic carbocycles. The Balaban J connectivity index is 3.35. The highest BCUT2D eigenvalue weighted by Gasteiger charge is 2.08. The minimum absolute atomic E-state index is 0.0370. The molecule has 0 heterocycles. The molecule has 0 saturated heterocycles. The molecule has 0 aliphatic carbocycles. The third-order valence-corrected chi connectivity index (χ3v) is 1.24. The summed E-state index contributed by atoms with van der Waals surface area (Å²) in [4.78, 5) is 0. The summed E-state index contributed by atoms with van der Waals surface area (Å²) in [5, 5.41) is 8.87. The summed E-state index contributed by atoms with van der Waals surface area (Å²) in [7, 11) is 0. The van der Waals surface area contributed by atoms with Crippen molar-refractivity contribution in [3.05, 3.63) is 0 Å². The third-order valence-electron chi connectivity index (χ3n) is 1.24. The zero-order chi connectivity index (χ0) is 6.57. The SMILES string of the molecule is CC[C@@H](NN)[C@H](C)O. The average Bonchev–Trinajstić information content (AvgIpc) is 1.69. The summed E-state index contributed by atoms with van der Waals surface area (Å²) in [6.07, 6.45) is 0.499. The second kappa shape index (κ2) is 3.83. The monoisotopic (exact) mass is 118 g/mol. The summed E-state index contributed by atoms with van der Waals surface area (Å²) in [6.45, 7) is 3.69. The average molecular weight is 118 g/mol. The van der Waals surface area contributed by atoms with Crippen LogP contribution in [0.5, 0.6) is 0 Å². The summed E-state index contributed by atoms with van der Waals surface area (Å²) < 4.78 is 0. The first-order valence-corrected chi connectivity index (χ1v) is 2.86. The first-order chi connectivity index (χ1) is 3.72. The van der Waals surface area contributed by atoms with Crippen LogP contribution in [0.1, 0.15) is 20.3 Å². The van der Waals surface area contributed by atoms with Gasteiger partial charge in [-0.3, -0.25) is 11.3 Å². The summed E-state index contributed by atoms with van der Waals surface area (Å²) >= 11 is 0. The topological polar surface area (TPSA) is 58.3 Å². The van der Waals surface area contributed by atoms with Gasteiger partial charge in [0.25, 0.3) is 0 Å². The van der Waals surface area contributed by atoms with Crippen LogP contribution in [0.3, 0.4) is 0 Å². The lowest BCUT2D eigenvalue weighted by atomic mass is 10.1. The molecule has 50 valence electrons. The molecule has 3 nitrogen and oxygen atoms in total. The van der Waals surface area contributed by atoms with Gasteiger partial charge >= 0.3 is 0 Å². The van der Waals surface area contributed by atoms with E-state index in [1.165, 1.54) is 0 Å². The molecule has 0 aromatic heterocycles. The first-order valence-electron chi connectivity index (χ1n) is 2.86. The number of aliphatic hydroxyl groups excluding tert-OH is 1. The lowest BCUT2D eigenvalue weighted by molar-refractivity contribution is 0.143. The molecule has 2 atom stereocenters. The molecule has 0 radical (unpaired) electrons. The molecule has 8 heavy (non-hydrogen) atoms. The maximum atomic E-state index is 8.87. The van der Waals surface area contributed by atoms with Crippen molar-refractivity contribution >= 4 is 0 Å². The number of nitrogens with two attached hydrogens (primary N) is 1. The van der Waals surface area contributed by atoms with Crippen LogP contribution < -0.4 is 11.3 Å². The fraction of sp³-hybridized carbons (Fsp3) is 1.00. The third kappa shape index (κ3) is 2.26. The molecule has 0 bridgehead atoms. The number of hydrazine groups is 1. The van der Waals surface area contributed by atoms with Gasteiger partial charge in [0.15, 0.2) is 0 Å². The van der Waals surface area contributed by atoms with Crippen molar-refractivity contribution in [1.29, 1.82) is 0 Å². The maximum Gasteiger partial charge on any atom is 0.0678 e. The Labute approximate surface area is 49.9 Å². The molecule has 0 fully saturated rings. The summed E-state index contributed by atoms with van der Waals surface area (Å²) in [5.41, 5.74) is 2.50. The number of aliphatic hydroxyl groups is 1. The predicted molar refractivity (Wildman–Crippen MR) is 33.1 cm³/mol. The van der Waals surface area contributed by atoms with Crippen LogP contribution in [0.15, 0.2) is 0 Å². The van der Waals surface area contributed by atoms with Gasteiger partial charge in [-0.1, -0.05) is 6.92 Å². The first kappa shape index (κ1) is 7.88. The maximum absolute atomic E-state index is 8.87. The van der Waals surface area contributed by atoms with Gasteiger partial charge in [-0.05, 0) is 13.3 Å². The van der Waals surface area contributed by atoms with Gasteiger partial charge in [-0.25, -0.2) is 0 Å². The van der Waals surface area contributed by atoms with Crippen LogP contribution in [0.2, 0.25) is 0 Å². The van der Waals surface area contributed by atoms with Crippen LogP contribution >= 0.6 is 0 Å². The van der Waals surface area contributed by atoms with Crippen molar-refractivity contribution in [2.24, 2.45) is 5.84 Å². The highest BCUT2D eigenvalue weighted by molar-refractivity contribution is 4.65. The zero-order valence-corrected chi connectivity index (χ0v) is 5.39. The molecule has 0 amide bonds. The van der Waals surface area contributed by atoms with E-state index >= 15 is 0 Å². The van der Waals surface area contributed by atoms with E-state index < -0.39 is 0 Å². The van der Waals surface area contributed by atoms with Gasteiger partial charge in [-0.2, -0.15) is 0 Å². The van der Waals surface area contributed by atoms with Crippen LogP contribution in [0.25, 0.3) is 0 Å². The number of nitrogens with one attached hydrogen (secondary N) is 1. The second-order valence-electron chi connectivity index (χ2n) is 1.92. The van der Waals surface area contributed by atoms with E-state index in [-0.39, 0.29) is 12.1 Å². The van der Waals surface area contributed by atoms with Crippen molar-refractivity contribution in [3.63, 3.8) is 0 Å². The van der Waals surface area contributed by atoms with E-state index in [4.69, 9.17) is 10.9 Å². The predicted octanol–water partition coefficient (Wildman–Crippen LogP) is -0.391. The Morgan fingerprint density at radius 2 is 2.25 bits per heavy atom. The van der Waals surface area contributed by atoms with Gasteiger partial charge in [0, 0.05) is 6.04 Å². The van der Waals surface area contributed by atoms with Crippen LogP contribution in [-0.4, -0.2) is 17.3 Å². The smallest absolute Gasteiger partial charge is 0.0678 e. The van der Waals surface area contributed by atoms with E-state index in [9.17, 15) is 0 Å². The van der Waals surface area contributed by atoms with Gasteiger partial charge in [0.2, 0.25) is 0 Å². The van der Waals surface area contributed by atoms with Gasteiger partial charge in [0.05, 0.1) is 6.10 Å². The van der Waals surface area contributed by atoms with E-state index in [2.05, 4.69) is 5.43 Å². The zero-order valence-electron chi connectivity index (χ0n) is 5.39. The van der Waals surface area contributed by atoms with Crippen LogP contribution in [0.4, 0.5) is 0 Å². The minimum Gasteiger partial charge on any atom is -0.392 e. The van der Waals surface area contributed by atoms with E-state index in [0.717, 1.165) is 6.42 Å². The van der Waals surface area contributed by atoms with E-state index in [1.54, 1.807) is 6.92 Å². The second-order valence-corrected chi connectivity index (χ2v) is 1.92. The molecule has 3 heteroatoms. The van der Waals surface area contributed by atoms with Gasteiger partial charge < -0.3 is 5.11 Å². The molecule has 0 aromatic rings. The molecular weight excluding hydrogens is 104 g/mol. The van der Waals surface area contributed by atoms with Gasteiger partial charge in [0.1, 0.15) is 0 Å². The van der Waals surface area contributed by atoms with Crippen LogP contribution in [0, 0.1) is 0 Å². The lowest BCUT2D eigenvalue weighted by Crippen LogP contribution is -2.42. The molecule has 0 aliphatic heterocycles. The highest BCUT2D eigenvalue weighted by atomic mass is 16.3. The molecule has 0 rings (SSSR count). The standard InChI is InChI=1S/C5H14N2O/c1-3-5(7-6)4(2)8/h4-5,7-8H,3,6H2,1-2H3/t4-,5+/m0/s1. The normalized spacial score (nSPS) is 18.0. The molecule has 4 N–H and O–H groups in total. The molecule has 0 saturated carbocycles. The minimum atomic E-state index is -0.356. The van der Waals surface area contributed by atoms with E-state index in [1.807, 2.05) is 6.92 Å². The fourth-order valence-electron chi connectivity index (χ4n) is 0.598. The molecule has 0 unspecified atom stereocenters. The van der Waals surface area contributed by atoms with Crippen molar-refractivity contribution in [2.45, 2.75) is 32.4 Å². The number of hydrogen-bond donors (Lipinski definition) is 3. The largest absolute Gasteiger partial charge is 0.392 e. The van der Waals surface area contributed by atoms with E-state index in [0.29, 0.717) is 0 Å². The Hall–Kier alpha value is -0.120. The Morgan fingerprint density at radius 1 is 1.75 bits per heavy atom. The van der Waals surface area contributed by atoms with Crippen molar-refractivity contribution < 1.29 is 5.11 Å². The number of rotatable bonds is 3. The highest BCUT2D eigenvalue weighted by Crippen LogP contribution is 1.93. The van der Waals surface area contributed by atoms with Crippen molar-refractivity contribution in [2.75, 3.05) is 0 Å². The molecular formula is C5H14N2O. The van der Waals surface area contributed by atoms with Crippen molar-refractivity contribution in [3.8, 4) is 0 Å². The summed E-state index contributed by atoms with van der Waals surface area (Å²) in [5.74, 6) is 5.07. The van der Waals surface area contributed by atoms with Crippen LogP contribution in [-0.2, 0) is 0 Å². The fourth-order valence-corrected chi connectivity index (χ4v) is 0.598. The van der Waals surface area contributed by atoms with Crippen molar-refractivity contribution in [1.82, 2.24) is 5.43 Å². The lowest BCUT2D eigenvalue weighted by Gasteiger charge is -2.15. The molecule has 0 spiro atoms. The summed E-state index contributed by atoms with van der Waals surface area (Å²) in [6, 6.07) is 0.0370. The Bertz CT molecular complexity index is 52.4. The van der Waals surface area contributed by atoms with Gasteiger partial charge in [-0.15, -0.1) is 0 Å². The molecule has 0 aliphatic rings. The quantitative estimate of drug-likeness (QED) is 0.349.